The number of fused-ring (bicyclic) bond motifs is 1. The van der Waals surface area contributed by atoms with Crippen molar-refractivity contribution in [1.82, 2.24) is 10.2 Å². The van der Waals surface area contributed by atoms with Crippen LogP contribution in [0.2, 0.25) is 0 Å². The van der Waals surface area contributed by atoms with Crippen LogP contribution < -0.4 is 5.32 Å². The van der Waals surface area contributed by atoms with E-state index in [1.807, 2.05) is 6.92 Å². The number of Topliss-reactive ketones (excluding diaryl/α,β-unsaturated/α-hetero) is 2. The van der Waals surface area contributed by atoms with Gasteiger partial charge < -0.3 is 15.0 Å². The molecular formula is C32H48N2O7. The Labute approximate surface area is 244 Å². The molecule has 1 aliphatic heterocycles. The van der Waals surface area contributed by atoms with Gasteiger partial charge in [0, 0.05) is 37.3 Å². The molecule has 3 rings (SSSR count). The van der Waals surface area contributed by atoms with Crippen molar-refractivity contribution in [2.45, 2.75) is 123 Å². The predicted molar refractivity (Wildman–Crippen MR) is 154 cm³/mol. The quantitative estimate of drug-likeness (QED) is 0.178. The second-order valence-electron chi connectivity index (χ2n) is 13.1. The number of allylic oxidation sites excluding steroid dienone is 2. The summed E-state index contributed by atoms with van der Waals surface area (Å²) in [6.45, 7) is 9.35. The van der Waals surface area contributed by atoms with Gasteiger partial charge in [0.2, 0.25) is 11.7 Å². The lowest BCUT2D eigenvalue weighted by atomic mass is 9.84. The topological polar surface area (TPSA) is 127 Å². The van der Waals surface area contributed by atoms with Gasteiger partial charge in [-0.1, -0.05) is 25.8 Å². The van der Waals surface area contributed by atoms with Gasteiger partial charge in [0.15, 0.2) is 11.6 Å². The fourth-order valence-electron chi connectivity index (χ4n) is 6.37. The van der Waals surface area contributed by atoms with Crippen LogP contribution in [0.3, 0.4) is 0 Å². The Bertz CT molecular complexity index is 1040. The molecule has 9 nitrogen and oxygen atoms in total. The standard InChI is InChI=1S/C32H48N2O7/c1-6-9-20(29(38)30(39)33-23-14-15-23)17-26(36)28-25-12-8-11-22(25)19-34(28)31(40)21(13-16-24(35)10-7-2)18-27(37)41-32(3,4)5/h7,10,20-23,25,28H,6,8-9,11-19H2,1-5H3,(H,33,39)/b10-7+/t20-,21-,22+,25+,28+/m1/s1. The minimum atomic E-state index is -0.800. The van der Waals surface area contributed by atoms with E-state index >= 15 is 0 Å². The lowest BCUT2D eigenvalue weighted by molar-refractivity contribution is -0.159. The van der Waals surface area contributed by atoms with Crippen molar-refractivity contribution in [3.05, 3.63) is 12.2 Å². The molecule has 0 bridgehead atoms. The molecule has 2 saturated carbocycles. The van der Waals surface area contributed by atoms with Crippen LogP contribution in [0.15, 0.2) is 12.2 Å². The van der Waals surface area contributed by atoms with Gasteiger partial charge in [-0.05, 0) is 84.1 Å². The van der Waals surface area contributed by atoms with E-state index in [1.54, 1.807) is 38.7 Å². The first kappa shape index (κ1) is 32.7. The Morgan fingerprint density at radius 1 is 0.976 bits per heavy atom. The van der Waals surface area contributed by atoms with Crippen LogP contribution in [0.4, 0.5) is 0 Å². The zero-order valence-corrected chi connectivity index (χ0v) is 25.4. The lowest BCUT2D eigenvalue weighted by Gasteiger charge is -2.31. The van der Waals surface area contributed by atoms with E-state index in [2.05, 4.69) is 5.32 Å². The van der Waals surface area contributed by atoms with E-state index in [-0.39, 0.29) is 61.0 Å². The number of nitrogens with one attached hydrogen (secondary N) is 1. The van der Waals surface area contributed by atoms with Crippen LogP contribution in [0.25, 0.3) is 0 Å². The van der Waals surface area contributed by atoms with Crippen molar-refractivity contribution in [1.29, 1.82) is 0 Å². The van der Waals surface area contributed by atoms with E-state index in [0.717, 1.165) is 32.1 Å². The monoisotopic (exact) mass is 572 g/mol. The zero-order valence-electron chi connectivity index (χ0n) is 25.4. The average molecular weight is 573 g/mol. The summed E-state index contributed by atoms with van der Waals surface area (Å²) in [5, 5.41) is 2.74. The van der Waals surface area contributed by atoms with Crippen LogP contribution in [0.1, 0.15) is 105 Å². The minimum absolute atomic E-state index is 0.00375. The number of carbonyl (C=O) groups is 6. The molecule has 228 valence electrons. The van der Waals surface area contributed by atoms with Gasteiger partial charge in [0.05, 0.1) is 12.5 Å². The Morgan fingerprint density at radius 3 is 2.29 bits per heavy atom. The number of esters is 1. The average Bonchev–Trinajstić information content (AvgIpc) is 3.45. The molecule has 3 aliphatic rings. The molecule has 41 heavy (non-hydrogen) atoms. The first-order valence-corrected chi connectivity index (χ1v) is 15.4. The van der Waals surface area contributed by atoms with Gasteiger partial charge in [0.25, 0.3) is 5.91 Å². The molecular weight excluding hydrogens is 524 g/mol. The first-order chi connectivity index (χ1) is 19.3. The van der Waals surface area contributed by atoms with Crippen LogP contribution in [-0.2, 0) is 33.5 Å². The Morgan fingerprint density at radius 2 is 1.68 bits per heavy atom. The fraction of sp³-hybridized carbons (Fsp3) is 0.750. The molecule has 5 atom stereocenters. The van der Waals surface area contributed by atoms with Crippen LogP contribution >= 0.6 is 0 Å². The molecule has 2 amide bonds. The molecule has 1 saturated heterocycles. The van der Waals surface area contributed by atoms with Gasteiger partial charge in [0.1, 0.15) is 5.60 Å². The van der Waals surface area contributed by atoms with Gasteiger partial charge in [-0.3, -0.25) is 28.8 Å². The Hall–Kier alpha value is -2.84. The molecule has 2 aliphatic carbocycles. The molecule has 0 aromatic heterocycles. The number of carbonyl (C=O) groups excluding carboxylic acids is 6. The molecule has 1 heterocycles. The van der Waals surface area contributed by atoms with Gasteiger partial charge in [-0.25, -0.2) is 0 Å². The molecule has 0 unspecified atom stereocenters. The first-order valence-electron chi connectivity index (χ1n) is 15.4. The van der Waals surface area contributed by atoms with E-state index in [4.69, 9.17) is 4.74 Å². The highest BCUT2D eigenvalue weighted by Crippen LogP contribution is 2.44. The smallest absolute Gasteiger partial charge is 0.307 e. The van der Waals surface area contributed by atoms with E-state index in [1.165, 1.54) is 6.08 Å². The number of likely N-dealkylation sites (tertiary alicyclic amines) is 1. The highest BCUT2D eigenvalue weighted by Gasteiger charge is 2.50. The number of amides is 2. The fourth-order valence-corrected chi connectivity index (χ4v) is 6.37. The number of rotatable bonds is 15. The molecule has 1 N–H and O–H groups in total. The maximum absolute atomic E-state index is 14.1. The van der Waals surface area contributed by atoms with Crippen molar-refractivity contribution in [3.8, 4) is 0 Å². The van der Waals surface area contributed by atoms with Crippen LogP contribution in [-0.4, -0.2) is 64.3 Å². The maximum Gasteiger partial charge on any atom is 0.307 e. The van der Waals surface area contributed by atoms with Crippen molar-refractivity contribution in [2.75, 3.05) is 6.54 Å². The third-order valence-electron chi connectivity index (χ3n) is 8.37. The summed E-state index contributed by atoms with van der Waals surface area (Å²) in [4.78, 5) is 80.1. The Kier molecular flexibility index (Phi) is 11.4. The minimum Gasteiger partial charge on any atom is -0.460 e. The molecule has 0 aromatic carbocycles. The summed E-state index contributed by atoms with van der Waals surface area (Å²) >= 11 is 0. The largest absolute Gasteiger partial charge is 0.460 e. The number of ketones is 3. The van der Waals surface area contributed by atoms with Crippen molar-refractivity contribution >= 4 is 35.1 Å². The summed E-state index contributed by atoms with van der Waals surface area (Å²) < 4.78 is 5.49. The molecule has 3 fully saturated rings. The molecule has 0 spiro atoms. The SMILES string of the molecule is C/C=C/C(=O)CC[C@H](CC(=O)OC(C)(C)C)C(=O)N1C[C@@H]2CCC[C@@H]2[C@H]1C(=O)C[C@@H](CCC)C(=O)C(=O)NC1CC1. The number of hydrogen-bond donors (Lipinski definition) is 1. The van der Waals surface area contributed by atoms with Crippen LogP contribution in [0.5, 0.6) is 0 Å². The molecule has 9 heteroatoms. The number of nitrogens with zero attached hydrogens (tertiary/aromatic N) is 1. The van der Waals surface area contributed by atoms with E-state index < -0.39 is 41.1 Å². The highest BCUT2D eigenvalue weighted by atomic mass is 16.6. The van der Waals surface area contributed by atoms with Gasteiger partial charge >= 0.3 is 5.97 Å². The summed E-state index contributed by atoms with van der Waals surface area (Å²) in [7, 11) is 0. The summed E-state index contributed by atoms with van der Waals surface area (Å²) in [5.41, 5.74) is -0.721. The number of hydrogen-bond acceptors (Lipinski definition) is 7. The zero-order chi connectivity index (χ0) is 30.3. The third kappa shape index (κ3) is 9.33. The highest BCUT2D eigenvalue weighted by molar-refractivity contribution is 6.37. The van der Waals surface area contributed by atoms with Gasteiger partial charge in [-0.2, -0.15) is 0 Å². The molecule has 0 radical (unpaired) electrons. The van der Waals surface area contributed by atoms with Gasteiger partial charge in [-0.15, -0.1) is 0 Å². The van der Waals surface area contributed by atoms with Crippen molar-refractivity contribution < 1.29 is 33.5 Å². The van der Waals surface area contributed by atoms with E-state index in [0.29, 0.717) is 19.4 Å². The lowest BCUT2D eigenvalue weighted by Crippen LogP contribution is -2.47. The van der Waals surface area contributed by atoms with E-state index in [9.17, 15) is 28.8 Å². The normalized spacial score (nSPS) is 23.6. The second-order valence-corrected chi connectivity index (χ2v) is 13.1. The van der Waals surface area contributed by atoms with Crippen molar-refractivity contribution in [2.24, 2.45) is 23.7 Å². The summed E-state index contributed by atoms with van der Waals surface area (Å²) in [6, 6.07) is -0.644. The molecule has 0 aromatic rings. The van der Waals surface area contributed by atoms with Crippen LogP contribution in [0, 0.1) is 23.7 Å². The predicted octanol–water partition coefficient (Wildman–Crippen LogP) is 4.11. The number of ether oxygens (including phenoxy) is 1. The second kappa shape index (κ2) is 14.4. The third-order valence-corrected chi connectivity index (χ3v) is 8.37. The maximum atomic E-state index is 14.1. The summed E-state index contributed by atoms with van der Waals surface area (Å²) in [5.74, 6) is -3.70. The Balaban J connectivity index is 1.80. The summed E-state index contributed by atoms with van der Waals surface area (Å²) in [6.07, 6.45) is 8.61. The van der Waals surface area contributed by atoms with Crippen molar-refractivity contribution in [3.63, 3.8) is 0 Å².